The fraction of sp³-hybridized carbons (Fsp3) is 0.704. The first-order valence-corrected chi connectivity index (χ1v) is 14.1. The third-order valence-corrected chi connectivity index (χ3v) is 5.14. The molecule has 2 atom stereocenters. The Morgan fingerprint density at radius 1 is 0.895 bits per heavy atom. The Kier molecular flexibility index (Phi) is 16.6. The topological polar surface area (TPSA) is 127 Å². The van der Waals surface area contributed by atoms with Crippen molar-refractivity contribution < 1.29 is 28.6 Å². The van der Waals surface area contributed by atoms with E-state index >= 15 is 0 Å². The van der Waals surface area contributed by atoms with Gasteiger partial charge in [-0.25, -0.2) is 4.79 Å². The van der Waals surface area contributed by atoms with Crippen LogP contribution in [0.2, 0.25) is 0 Å². The molecule has 0 saturated heterocycles. The van der Waals surface area contributed by atoms with E-state index in [1.807, 2.05) is 6.92 Å². The molecule has 11 heteroatoms. The van der Waals surface area contributed by atoms with Crippen LogP contribution in [0, 0.1) is 0 Å². The van der Waals surface area contributed by atoms with Gasteiger partial charge in [-0.3, -0.25) is 14.7 Å². The van der Waals surface area contributed by atoms with E-state index in [2.05, 4.69) is 40.5 Å². The summed E-state index contributed by atoms with van der Waals surface area (Å²) in [7, 11) is 0.712. The van der Waals surface area contributed by atoms with E-state index in [0.717, 1.165) is 12.8 Å². The first-order chi connectivity index (χ1) is 17.6. The zero-order valence-corrected chi connectivity index (χ0v) is 25.2. The van der Waals surface area contributed by atoms with E-state index in [0.29, 0.717) is 39.5 Å². The lowest BCUT2D eigenvalue weighted by atomic mass is 10.1. The number of carbonyl (C=O) groups excluding carboxylic acids is 3. The summed E-state index contributed by atoms with van der Waals surface area (Å²) in [5.74, 6) is -0.0504. The molecule has 0 fully saturated rings. The highest BCUT2D eigenvalue weighted by molar-refractivity contribution is 7.34. The largest absolute Gasteiger partial charge is 0.497 e. The summed E-state index contributed by atoms with van der Waals surface area (Å²) in [6.07, 6.45) is 6.03. The molecule has 4 N–H and O–H groups in total. The van der Waals surface area contributed by atoms with Crippen molar-refractivity contribution >= 4 is 32.5 Å². The molecular weight excluding hydrogens is 507 g/mol. The van der Waals surface area contributed by atoms with Gasteiger partial charge in [0.2, 0.25) is 5.91 Å². The Labute approximate surface area is 230 Å². The summed E-state index contributed by atoms with van der Waals surface area (Å²) in [6.45, 7) is 21.9. The molecular formula is C27H49N4O6P. The Hall–Kier alpha value is -2.58. The maximum Gasteiger partial charge on any atom is 0.329 e. The molecule has 1 unspecified atom stereocenters. The minimum Gasteiger partial charge on any atom is -0.497 e. The average Bonchev–Trinajstić information content (AvgIpc) is 2.77. The van der Waals surface area contributed by atoms with Crippen molar-refractivity contribution in [2.45, 2.75) is 104 Å². The van der Waals surface area contributed by atoms with Crippen LogP contribution in [0.1, 0.15) is 80.6 Å². The lowest BCUT2D eigenvalue weighted by molar-refractivity contribution is -0.158. The van der Waals surface area contributed by atoms with Crippen LogP contribution in [-0.4, -0.2) is 67.1 Å². The molecule has 0 rings (SSSR count). The van der Waals surface area contributed by atoms with Crippen LogP contribution in [0.15, 0.2) is 24.7 Å². The minimum absolute atomic E-state index is 0.0338. The number of hydrogen-bond donors (Lipinski definition) is 4. The van der Waals surface area contributed by atoms with Crippen molar-refractivity contribution in [1.82, 2.24) is 21.0 Å². The van der Waals surface area contributed by atoms with E-state index in [4.69, 9.17) is 14.2 Å². The van der Waals surface area contributed by atoms with Crippen LogP contribution in [0.5, 0.6) is 0 Å². The van der Waals surface area contributed by atoms with Crippen molar-refractivity contribution in [2.75, 3.05) is 19.7 Å². The number of amides is 1. The molecule has 218 valence electrons. The second kappa shape index (κ2) is 17.8. The Morgan fingerprint density at radius 2 is 1.50 bits per heavy atom. The number of hydrogen-bond acceptors (Lipinski definition) is 9. The van der Waals surface area contributed by atoms with Gasteiger partial charge in [-0.15, -0.1) is 0 Å². The van der Waals surface area contributed by atoms with Crippen molar-refractivity contribution in [3.8, 4) is 0 Å². The van der Waals surface area contributed by atoms with Gasteiger partial charge in [-0.05, 0) is 82.5 Å². The Bertz CT molecular complexity index is 804. The smallest absolute Gasteiger partial charge is 0.329 e. The number of carbonyl (C=O) groups is 3. The van der Waals surface area contributed by atoms with Gasteiger partial charge >= 0.3 is 11.9 Å². The average molecular weight is 557 g/mol. The van der Waals surface area contributed by atoms with Gasteiger partial charge in [0.25, 0.3) is 0 Å². The minimum atomic E-state index is -0.815. The van der Waals surface area contributed by atoms with Gasteiger partial charge in [0.05, 0.1) is 25.0 Å². The molecule has 0 aromatic carbocycles. The van der Waals surface area contributed by atoms with Crippen LogP contribution < -0.4 is 21.0 Å². The molecule has 0 aliphatic carbocycles. The molecule has 0 spiro atoms. The molecule has 10 nitrogen and oxygen atoms in total. The lowest BCUT2D eigenvalue weighted by Gasteiger charge is -2.28. The summed E-state index contributed by atoms with van der Waals surface area (Å²) < 4.78 is 16.6. The van der Waals surface area contributed by atoms with Gasteiger partial charge < -0.3 is 30.2 Å². The highest BCUT2D eigenvalue weighted by atomic mass is 31.1. The molecule has 0 aliphatic heterocycles. The predicted octanol–water partition coefficient (Wildman–Crippen LogP) is 3.56. The molecule has 0 aromatic heterocycles. The SMILES string of the molecule is C=PNCC(=O)NCCCC[C@H](NC(=C)NC(CCC(=O)OC(C)(C)C)C(=O)OC(C)(C)C)C(=C)OCC. The Morgan fingerprint density at radius 3 is 2.05 bits per heavy atom. The first kappa shape index (κ1) is 35.4. The number of esters is 2. The molecule has 0 bridgehead atoms. The molecule has 0 aliphatic rings. The van der Waals surface area contributed by atoms with Crippen LogP contribution in [0.3, 0.4) is 0 Å². The lowest BCUT2D eigenvalue weighted by Crippen LogP contribution is -2.46. The summed E-state index contributed by atoms with van der Waals surface area (Å²) >= 11 is 0. The van der Waals surface area contributed by atoms with Gasteiger partial charge in [0, 0.05) is 13.0 Å². The van der Waals surface area contributed by atoms with E-state index in [9.17, 15) is 14.4 Å². The molecule has 38 heavy (non-hydrogen) atoms. The molecule has 0 saturated carbocycles. The summed E-state index contributed by atoms with van der Waals surface area (Å²) in [5, 5.41) is 12.0. The molecule has 0 aromatic rings. The molecule has 0 heterocycles. The first-order valence-electron chi connectivity index (χ1n) is 13.0. The van der Waals surface area contributed by atoms with Gasteiger partial charge in [-0.1, -0.05) is 19.5 Å². The third kappa shape index (κ3) is 18.6. The number of ether oxygens (including phenoxy) is 3. The summed E-state index contributed by atoms with van der Waals surface area (Å²) in [5.41, 5.74) is -1.31. The van der Waals surface area contributed by atoms with E-state index in [1.165, 1.54) is 0 Å². The second-order valence-corrected chi connectivity index (χ2v) is 11.4. The van der Waals surface area contributed by atoms with Crippen molar-refractivity contribution in [2.24, 2.45) is 0 Å². The van der Waals surface area contributed by atoms with Gasteiger partial charge in [0.15, 0.2) is 0 Å². The highest BCUT2D eigenvalue weighted by Crippen LogP contribution is 2.15. The van der Waals surface area contributed by atoms with E-state index in [-0.39, 0.29) is 31.3 Å². The predicted molar refractivity (Wildman–Crippen MR) is 154 cm³/mol. The zero-order chi connectivity index (χ0) is 29.4. The number of rotatable bonds is 19. The van der Waals surface area contributed by atoms with E-state index in [1.54, 1.807) is 41.5 Å². The quantitative estimate of drug-likeness (QED) is 0.0817. The van der Waals surface area contributed by atoms with E-state index < -0.39 is 29.2 Å². The second-order valence-electron chi connectivity index (χ2n) is 10.8. The van der Waals surface area contributed by atoms with Crippen molar-refractivity contribution in [3.05, 3.63) is 24.7 Å². The number of unbranched alkanes of at least 4 members (excludes halogenated alkanes) is 1. The number of nitrogens with one attached hydrogen (secondary N) is 4. The van der Waals surface area contributed by atoms with Crippen LogP contribution in [0.4, 0.5) is 0 Å². The normalized spacial score (nSPS) is 13.1. The fourth-order valence-electron chi connectivity index (χ4n) is 3.23. The van der Waals surface area contributed by atoms with Crippen LogP contribution >= 0.6 is 8.35 Å². The monoisotopic (exact) mass is 556 g/mol. The summed E-state index contributed by atoms with van der Waals surface area (Å²) in [4.78, 5) is 36.9. The maximum atomic E-state index is 12.9. The van der Waals surface area contributed by atoms with Gasteiger partial charge in [0.1, 0.15) is 23.0 Å². The van der Waals surface area contributed by atoms with Crippen molar-refractivity contribution in [1.29, 1.82) is 0 Å². The molecule has 0 radical (unpaired) electrons. The van der Waals surface area contributed by atoms with Gasteiger partial charge in [-0.2, -0.15) is 0 Å². The van der Waals surface area contributed by atoms with Crippen molar-refractivity contribution in [3.63, 3.8) is 0 Å². The van der Waals surface area contributed by atoms with Crippen LogP contribution in [0.25, 0.3) is 0 Å². The fourth-order valence-corrected chi connectivity index (χ4v) is 3.49. The molecule has 1 amide bonds. The Balaban J connectivity index is 5.14. The third-order valence-electron chi connectivity index (χ3n) is 4.76. The summed E-state index contributed by atoms with van der Waals surface area (Å²) in [6, 6.07) is -1.09. The highest BCUT2D eigenvalue weighted by Gasteiger charge is 2.28. The zero-order valence-electron chi connectivity index (χ0n) is 24.3. The standard InChI is InChI=1S/C27H49N4O6P/c1-11-35-19(2)21(14-12-13-17-28-23(32)18-29-38-10)30-20(3)31-22(25(34)37-27(7,8)9)15-16-24(33)36-26(4,5)6/h21-22,29-31H,2-3,10-18H2,1,4-9H3,(H,28,32)/t21-,22?/m0/s1. The maximum absolute atomic E-state index is 12.9. The van der Waals surface area contributed by atoms with Crippen LogP contribution in [-0.2, 0) is 28.6 Å².